The summed E-state index contributed by atoms with van der Waals surface area (Å²) < 4.78 is 2.05. The molecular weight excluding hydrogens is 202 g/mol. The zero-order valence-electron chi connectivity index (χ0n) is 9.50. The Morgan fingerprint density at radius 2 is 2.25 bits per heavy atom. The van der Waals surface area contributed by atoms with Crippen molar-refractivity contribution in [2.75, 3.05) is 25.4 Å². The van der Waals surface area contributed by atoms with E-state index in [-0.39, 0.29) is 0 Å². The fourth-order valence-electron chi connectivity index (χ4n) is 2.66. The van der Waals surface area contributed by atoms with Crippen molar-refractivity contribution in [2.24, 2.45) is 0 Å². The molecule has 2 aliphatic rings. The third-order valence-corrected chi connectivity index (χ3v) is 3.59. The van der Waals surface area contributed by atoms with Crippen molar-refractivity contribution in [1.29, 1.82) is 0 Å². The topological polar surface area (TPSA) is 67.9 Å². The largest absolute Gasteiger partial charge is 0.384 e. The molecule has 5 nitrogen and oxygen atoms in total. The molecule has 3 heterocycles. The summed E-state index contributed by atoms with van der Waals surface area (Å²) >= 11 is 0. The molecule has 0 radical (unpaired) electrons. The fourth-order valence-corrected chi connectivity index (χ4v) is 2.66. The van der Waals surface area contributed by atoms with Crippen molar-refractivity contribution in [3.63, 3.8) is 0 Å². The van der Waals surface area contributed by atoms with Gasteiger partial charge in [-0.1, -0.05) is 0 Å². The van der Waals surface area contributed by atoms with Crippen LogP contribution in [-0.2, 0) is 13.0 Å². The maximum absolute atomic E-state index is 6.19. The van der Waals surface area contributed by atoms with Gasteiger partial charge in [-0.05, 0) is 19.4 Å². The lowest BCUT2D eigenvalue weighted by atomic mass is 10.1. The molecule has 0 saturated carbocycles. The molecule has 0 aromatic carbocycles. The van der Waals surface area contributed by atoms with Crippen molar-refractivity contribution in [1.82, 2.24) is 20.4 Å². The van der Waals surface area contributed by atoms with E-state index < -0.39 is 0 Å². The second-order valence-corrected chi connectivity index (χ2v) is 4.68. The first-order chi connectivity index (χ1) is 7.86. The Morgan fingerprint density at radius 1 is 1.31 bits per heavy atom. The number of hydrogen-bond donors (Lipinski definition) is 3. The summed E-state index contributed by atoms with van der Waals surface area (Å²) in [6, 6.07) is 0.444. The molecule has 1 atom stereocenters. The number of fused-ring (bicyclic) bond motifs is 1. The Morgan fingerprint density at radius 3 is 3.00 bits per heavy atom. The van der Waals surface area contributed by atoms with Gasteiger partial charge in [0.15, 0.2) is 0 Å². The maximum Gasteiger partial charge on any atom is 0.126 e. The van der Waals surface area contributed by atoms with E-state index >= 15 is 0 Å². The Labute approximate surface area is 95.4 Å². The predicted octanol–water partition coefficient (Wildman–Crippen LogP) is 0.0355. The Kier molecular flexibility index (Phi) is 2.57. The van der Waals surface area contributed by atoms with Gasteiger partial charge in [-0.2, -0.15) is 5.10 Å². The highest BCUT2D eigenvalue weighted by Crippen LogP contribution is 2.26. The first-order valence-corrected chi connectivity index (χ1v) is 6.13. The van der Waals surface area contributed by atoms with E-state index in [1.165, 1.54) is 24.1 Å². The number of nitrogens with zero attached hydrogens (tertiary/aromatic N) is 2. The molecule has 0 amide bonds. The lowest BCUT2D eigenvalue weighted by Crippen LogP contribution is -2.32. The van der Waals surface area contributed by atoms with E-state index in [1.807, 2.05) is 4.68 Å². The highest BCUT2D eigenvalue weighted by molar-refractivity contribution is 5.45. The van der Waals surface area contributed by atoms with Gasteiger partial charge in [0.2, 0.25) is 0 Å². The zero-order valence-corrected chi connectivity index (χ0v) is 9.50. The van der Waals surface area contributed by atoms with Crippen LogP contribution in [0.25, 0.3) is 0 Å². The van der Waals surface area contributed by atoms with Gasteiger partial charge in [0.1, 0.15) is 5.82 Å². The van der Waals surface area contributed by atoms with Crippen LogP contribution in [0.1, 0.15) is 30.1 Å². The summed E-state index contributed by atoms with van der Waals surface area (Å²) in [5.41, 5.74) is 8.60. The molecule has 1 aromatic heterocycles. The Bertz CT molecular complexity index is 378. The van der Waals surface area contributed by atoms with E-state index in [2.05, 4.69) is 15.7 Å². The Balaban J connectivity index is 1.91. The van der Waals surface area contributed by atoms with Crippen molar-refractivity contribution >= 4 is 5.82 Å². The number of nitrogen functional groups attached to an aromatic ring is 1. The molecular formula is C11H19N5. The maximum atomic E-state index is 6.19. The summed E-state index contributed by atoms with van der Waals surface area (Å²) in [7, 11) is 0. The minimum atomic E-state index is 0.444. The molecule has 0 aliphatic carbocycles. The first kappa shape index (κ1) is 10.1. The first-order valence-electron chi connectivity index (χ1n) is 6.13. The lowest BCUT2D eigenvalue weighted by Gasteiger charge is -2.24. The summed E-state index contributed by atoms with van der Waals surface area (Å²) in [6.45, 7) is 4.02. The molecule has 16 heavy (non-hydrogen) atoms. The van der Waals surface area contributed by atoms with E-state index in [0.29, 0.717) is 6.04 Å². The predicted molar refractivity (Wildman–Crippen MR) is 63.2 cm³/mol. The SMILES string of the molecule is Nc1c2c(nn1C1CCCNC1)CCNC2. The molecule has 5 heteroatoms. The molecule has 88 valence electrons. The zero-order chi connectivity index (χ0) is 11.0. The molecule has 0 spiro atoms. The summed E-state index contributed by atoms with van der Waals surface area (Å²) in [6.07, 6.45) is 3.41. The van der Waals surface area contributed by atoms with Crippen molar-refractivity contribution in [3.05, 3.63) is 11.3 Å². The second kappa shape index (κ2) is 4.07. The fraction of sp³-hybridized carbons (Fsp3) is 0.727. The number of hydrogen-bond acceptors (Lipinski definition) is 4. The molecule has 3 rings (SSSR count). The van der Waals surface area contributed by atoms with Crippen molar-refractivity contribution in [2.45, 2.75) is 31.8 Å². The van der Waals surface area contributed by atoms with E-state index in [4.69, 9.17) is 5.73 Å². The van der Waals surface area contributed by atoms with E-state index in [1.54, 1.807) is 0 Å². The van der Waals surface area contributed by atoms with Crippen LogP contribution in [0.3, 0.4) is 0 Å². The monoisotopic (exact) mass is 221 g/mol. The van der Waals surface area contributed by atoms with Gasteiger partial charge < -0.3 is 16.4 Å². The minimum absolute atomic E-state index is 0.444. The Hall–Kier alpha value is -1.07. The number of rotatable bonds is 1. The number of anilines is 1. The van der Waals surface area contributed by atoms with Crippen LogP contribution >= 0.6 is 0 Å². The van der Waals surface area contributed by atoms with Crippen LogP contribution in [0.5, 0.6) is 0 Å². The summed E-state index contributed by atoms with van der Waals surface area (Å²) in [5.74, 6) is 0.871. The van der Waals surface area contributed by atoms with Gasteiger partial charge in [0.05, 0.1) is 11.7 Å². The van der Waals surface area contributed by atoms with Gasteiger partial charge >= 0.3 is 0 Å². The van der Waals surface area contributed by atoms with Crippen LogP contribution in [0.15, 0.2) is 0 Å². The van der Waals surface area contributed by atoms with E-state index in [0.717, 1.165) is 38.4 Å². The van der Waals surface area contributed by atoms with Crippen LogP contribution in [0.2, 0.25) is 0 Å². The number of piperidine rings is 1. The average molecular weight is 221 g/mol. The van der Waals surface area contributed by atoms with Gasteiger partial charge in [-0.25, -0.2) is 4.68 Å². The molecule has 1 fully saturated rings. The number of nitrogens with two attached hydrogens (primary N) is 1. The third kappa shape index (κ3) is 1.60. The van der Waals surface area contributed by atoms with Crippen LogP contribution in [-0.4, -0.2) is 29.4 Å². The number of nitrogens with one attached hydrogen (secondary N) is 2. The van der Waals surface area contributed by atoms with Crippen LogP contribution < -0.4 is 16.4 Å². The van der Waals surface area contributed by atoms with Gasteiger partial charge in [0.25, 0.3) is 0 Å². The molecule has 1 unspecified atom stereocenters. The average Bonchev–Trinajstić information content (AvgIpc) is 2.69. The van der Waals surface area contributed by atoms with Crippen molar-refractivity contribution < 1.29 is 0 Å². The number of aromatic nitrogens is 2. The molecule has 1 saturated heterocycles. The summed E-state index contributed by atoms with van der Waals surface area (Å²) in [4.78, 5) is 0. The second-order valence-electron chi connectivity index (χ2n) is 4.68. The molecule has 4 N–H and O–H groups in total. The minimum Gasteiger partial charge on any atom is -0.384 e. The van der Waals surface area contributed by atoms with Crippen LogP contribution in [0.4, 0.5) is 5.82 Å². The lowest BCUT2D eigenvalue weighted by molar-refractivity contribution is 0.349. The van der Waals surface area contributed by atoms with Gasteiger partial charge in [-0.15, -0.1) is 0 Å². The van der Waals surface area contributed by atoms with E-state index in [9.17, 15) is 0 Å². The van der Waals surface area contributed by atoms with Gasteiger partial charge in [0, 0.05) is 31.6 Å². The highest BCUT2D eigenvalue weighted by Gasteiger charge is 2.23. The smallest absolute Gasteiger partial charge is 0.126 e. The van der Waals surface area contributed by atoms with Crippen LogP contribution in [0, 0.1) is 0 Å². The van der Waals surface area contributed by atoms with Gasteiger partial charge in [-0.3, -0.25) is 0 Å². The standard InChI is InChI=1S/C11H19N5/c12-11-9-7-14-5-3-10(9)15-16(11)8-2-1-4-13-6-8/h8,13-14H,1-7,12H2. The summed E-state index contributed by atoms with van der Waals surface area (Å²) in [5, 5.41) is 11.4. The highest BCUT2D eigenvalue weighted by atomic mass is 15.3. The molecule has 1 aromatic rings. The molecule has 2 aliphatic heterocycles. The molecule has 0 bridgehead atoms. The normalized spacial score (nSPS) is 25.4. The third-order valence-electron chi connectivity index (χ3n) is 3.59. The quantitative estimate of drug-likeness (QED) is 0.626. The van der Waals surface area contributed by atoms with Crippen molar-refractivity contribution in [3.8, 4) is 0 Å².